The molecule has 1 fully saturated rings. The van der Waals surface area contributed by atoms with Gasteiger partial charge in [0, 0.05) is 19.1 Å². The van der Waals surface area contributed by atoms with Gasteiger partial charge in [-0.1, -0.05) is 0 Å². The quantitative estimate of drug-likeness (QED) is 0.838. The second-order valence-corrected chi connectivity index (χ2v) is 6.48. The van der Waals surface area contributed by atoms with Crippen molar-refractivity contribution in [2.24, 2.45) is 0 Å². The third kappa shape index (κ3) is 6.24. The number of piperidine rings is 1. The van der Waals surface area contributed by atoms with Crippen LogP contribution in [0.3, 0.4) is 0 Å². The molecule has 0 aromatic carbocycles. The first kappa shape index (κ1) is 16.2. The van der Waals surface area contributed by atoms with E-state index in [1.54, 1.807) is 0 Å². The number of carbonyl (C=O) groups excluding carboxylic acids is 1. The maximum atomic E-state index is 12.2. The second kappa shape index (κ2) is 6.08. The molecule has 1 aliphatic rings. The van der Waals surface area contributed by atoms with Crippen LogP contribution in [0.5, 0.6) is 0 Å². The number of amides is 1. The molecule has 1 unspecified atom stereocenters. The van der Waals surface area contributed by atoms with Crippen molar-refractivity contribution in [3.8, 4) is 0 Å². The van der Waals surface area contributed by atoms with E-state index in [0.29, 0.717) is 12.8 Å². The number of hydrogen-bond donors (Lipinski definition) is 1. The molecule has 1 amide bonds. The summed E-state index contributed by atoms with van der Waals surface area (Å²) in [6.07, 6.45) is -3.15. The highest BCUT2D eigenvalue weighted by Gasteiger charge is 2.36. The molecule has 0 aromatic rings. The van der Waals surface area contributed by atoms with Gasteiger partial charge in [0.2, 0.25) is 15.9 Å². The van der Waals surface area contributed by atoms with Crippen LogP contribution >= 0.6 is 0 Å². The van der Waals surface area contributed by atoms with Crippen molar-refractivity contribution < 1.29 is 26.4 Å². The molecule has 0 spiro atoms. The number of carbonyl (C=O) groups is 1. The van der Waals surface area contributed by atoms with E-state index in [-0.39, 0.29) is 13.1 Å². The summed E-state index contributed by atoms with van der Waals surface area (Å²) < 4.78 is 60.8. The second-order valence-electron chi connectivity index (χ2n) is 4.65. The normalized spacial score (nSPS) is 21.5. The van der Waals surface area contributed by atoms with E-state index in [1.165, 1.54) is 0 Å². The fraction of sp³-hybridized carbons (Fsp3) is 0.900. The molecule has 0 saturated carbocycles. The Hall–Kier alpha value is -0.830. The highest BCUT2D eigenvalue weighted by atomic mass is 32.2. The van der Waals surface area contributed by atoms with E-state index in [4.69, 9.17) is 0 Å². The summed E-state index contributed by atoms with van der Waals surface area (Å²) in [5.74, 6) is -0.993. The van der Waals surface area contributed by atoms with Gasteiger partial charge in [0.15, 0.2) is 0 Å². The molecule has 19 heavy (non-hydrogen) atoms. The first-order chi connectivity index (χ1) is 8.58. The Bertz CT molecular complexity index is 422. The zero-order valence-electron chi connectivity index (χ0n) is 10.5. The Kier molecular flexibility index (Phi) is 5.19. The van der Waals surface area contributed by atoms with Crippen LogP contribution in [0.4, 0.5) is 13.2 Å². The van der Waals surface area contributed by atoms with Crippen LogP contribution in [0.25, 0.3) is 0 Å². The van der Waals surface area contributed by atoms with E-state index in [2.05, 4.69) is 4.72 Å². The molecule has 0 aliphatic carbocycles. The number of hydrogen-bond acceptors (Lipinski definition) is 3. The maximum absolute atomic E-state index is 12.2. The number of nitrogens with zero attached hydrogens (tertiary/aromatic N) is 1. The Labute approximate surface area is 110 Å². The SMILES string of the molecule is CS(=O)(=O)NCC1CCCCN1C(=O)CC(F)(F)F. The average molecular weight is 302 g/mol. The lowest BCUT2D eigenvalue weighted by atomic mass is 10.0. The Morgan fingerprint density at radius 2 is 2.00 bits per heavy atom. The van der Waals surface area contributed by atoms with Crippen molar-refractivity contribution in [2.75, 3.05) is 19.3 Å². The lowest BCUT2D eigenvalue weighted by molar-refractivity contribution is -0.163. The molecule has 5 nitrogen and oxygen atoms in total. The Morgan fingerprint density at radius 1 is 1.37 bits per heavy atom. The van der Waals surface area contributed by atoms with Gasteiger partial charge in [-0.15, -0.1) is 0 Å². The zero-order valence-corrected chi connectivity index (χ0v) is 11.4. The predicted octanol–water partition coefficient (Wildman–Crippen LogP) is 0.869. The molecule has 0 radical (unpaired) electrons. The smallest absolute Gasteiger partial charge is 0.338 e. The largest absolute Gasteiger partial charge is 0.397 e. The third-order valence-corrected chi connectivity index (χ3v) is 3.57. The molecule has 1 N–H and O–H groups in total. The minimum atomic E-state index is -4.54. The highest BCUT2D eigenvalue weighted by Crippen LogP contribution is 2.24. The number of halogens is 3. The van der Waals surface area contributed by atoms with Crippen LogP contribution in [0.2, 0.25) is 0 Å². The van der Waals surface area contributed by atoms with Crippen molar-refractivity contribution in [1.82, 2.24) is 9.62 Å². The van der Waals surface area contributed by atoms with Gasteiger partial charge in [0.1, 0.15) is 6.42 Å². The van der Waals surface area contributed by atoms with Crippen molar-refractivity contribution in [1.29, 1.82) is 0 Å². The van der Waals surface area contributed by atoms with Gasteiger partial charge < -0.3 is 4.90 Å². The average Bonchev–Trinajstić information content (AvgIpc) is 2.23. The fourth-order valence-electron chi connectivity index (χ4n) is 2.06. The molecule has 0 aromatic heterocycles. The van der Waals surface area contributed by atoms with Crippen LogP contribution in [-0.2, 0) is 14.8 Å². The van der Waals surface area contributed by atoms with Crippen molar-refractivity contribution >= 4 is 15.9 Å². The van der Waals surface area contributed by atoms with Crippen molar-refractivity contribution in [3.63, 3.8) is 0 Å². The summed E-state index contributed by atoms with van der Waals surface area (Å²) in [6.45, 7) is 0.202. The molecule has 1 atom stereocenters. The number of alkyl halides is 3. The lowest BCUT2D eigenvalue weighted by Gasteiger charge is -2.36. The van der Waals surface area contributed by atoms with Crippen LogP contribution in [0.1, 0.15) is 25.7 Å². The van der Waals surface area contributed by atoms with Gasteiger partial charge >= 0.3 is 6.18 Å². The summed E-state index contributed by atoms with van der Waals surface area (Å²) >= 11 is 0. The molecular weight excluding hydrogens is 285 g/mol. The monoisotopic (exact) mass is 302 g/mol. The summed E-state index contributed by atoms with van der Waals surface area (Å²) in [5, 5.41) is 0. The van der Waals surface area contributed by atoms with Crippen LogP contribution in [-0.4, -0.2) is 50.8 Å². The Morgan fingerprint density at radius 3 is 2.53 bits per heavy atom. The summed E-state index contributed by atoms with van der Waals surface area (Å²) in [4.78, 5) is 12.7. The Balaban J connectivity index is 2.64. The van der Waals surface area contributed by atoms with Gasteiger partial charge in [0.25, 0.3) is 0 Å². The van der Waals surface area contributed by atoms with Gasteiger partial charge in [0.05, 0.1) is 6.26 Å². The topological polar surface area (TPSA) is 66.5 Å². The van der Waals surface area contributed by atoms with Gasteiger partial charge in [-0.25, -0.2) is 13.1 Å². The van der Waals surface area contributed by atoms with Crippen LogP contribution < -0.4 is 4.72 Å². The number of rotatable bonds is 4. The fourth-order valence-corrected chi connectivity index (χ4v) is 2.56. The van der Waals surface area contributed by atoms with Gasteiger partial charge in [-0.2, -0.15) is 13.2 Å². The van der Waals surface area contributed by atoms with Crippen LogP contribution in [0, 0.1) is 0 Å². The van der Waals surface area contributed by atoms with E-state index < -0.39 is 34.6 Å². The molecular formula is C10H17F3N2O3S. The van der Waals surface area contributed by atoms with Crippen LogP contribution in [0.15, 0.2) is 0 Å². The van der Waals surface area contributed by atoms with Gasteiger partial charge in [-0.05, 0) is 19.3 Å². The number of nitrogens with one attached hydrogen (secondary N) is 1. The molecule has 0 bridgehead atoms. The molecule has 1 saturated heterocycles. The molecule has 112 valence electrons. The molecule has 1 heterocycles. The third-order valence-electron chi connectivity index (χ3n) is 2.88. The number of sulfonamides is 1. The minimum absolute atomic E-state index is 0.0393. The number of likely N-dealkylation sites (tertiary alicyclic amines) is 1. The van der Waals surface area contributed by atoms with Gasteiger partial charge in [-0.3, -0.25) is 4.79 Å². The summed E-state index contributed by atoms with van der Waals surface area (Å²) in [5.41, 5.74) is 0. The first-order valence-corrected chi connectivity index (χ1v) is 7.78. The molecule has 9 heteroatoms. The van der Waals surface area contributed by atoms with E-state index >= 15 is 0 Å². The lowest BCUT2D eigenvalue weighted by Crippen LogP contribution is -2.50. The van der Waals surface area contributed by atoms with E-state index in [1.807, 2.05) is 0 Å². The summed E-state index contributed by atoms with van der Waals surface area (Å²) in [7, 11) is -3.42. The molecule has 1 aliphatic heterocycles. The zero-order chi connectivity index (χ0) is 14.7. The highest BCUT2D eigenvalue weighted by molar-refractivity contribution is 7.88. The maximum Gasteiger partial charge on any atom is 0.397 e. The minimum Gasteiger partial charge on any atom is -0.338 e. The first-order valence-electron chi connectivity index (χ1n) is 5.89. The van der Waals surface area contributed by atoms with E-state index in [9.17, 15) is 26.4 Å². The van der Waals surface area contributed by atoms with Crippen molar-refractivity contribution in [3.05, 3.63) is 0 Å². The van der Waals surface area contributed by atoms with Crippen molar-refractivity contribution in [2.45, 2.75) is 37.9 Å². The summed E-state index contributed by atoms with van der Waals surface area (Å²) in [6, 6.07) is -0.502. The standard InChI is InChI=1S/C10H17F3N2O3S/c1-19(17,18)14-7-8-4-2-3-5-15(8)9(16)6-10(11,12)13/h8,14H,2-7H2,1H3. The van der Waals surface area contributed by atoms with E-state index in [0.717, 1.165) is 17.6 Å². The predicted molar refractivity (Wildman–Crippen MR) is 62.9 cm³/mol. The molecule has 1 rings (SSSR count).